The Morgan fingerprint density at radius 3 is 2.64 bits per heavy atom. The van der Waals surface area contributed by atoms with Crippen molar-refractivity contribution in [2.75, 3.05) is 13.3 Å². The molecule has 2 aliphatic heterocycles. The first kappa shape index (κ1) is 21.1. The summed E-state index contributed by atoms with van der Waals surface area (Å²) in [6.45, 7) is 1.06. The predicted molar refractivity (Wildman–Crippen MR) is 120 cm³/mol. The Morgan fingerprint density at radius 1 is 1.09 bits per heavy atom. The number of hydrogen-bond donors (Lipinski definition) is 1. The van der Waals surface area contributed by atoms with Gasteiger partial charge in [0.25, 0.3) is 11.7 Å². The molecule has 0 aliphatic carbocycles. The van der Waals surface area contributed by atoms with E-state index in [1.54, 1.807) is 55.0 Å². The number of amides is 1. The number of carbonyl (C=O) groups excluding carboxylic acids is 2. The lowest BCUT2D eigenvalue weighted by Gasteiger charge is -2.25. The van der Waals surface area contributed by atoms with E-state index in [0.29, 0.717) is 47.2 Å². The fraction of sp³-hybridized carbons (Fsp3) is 0.208. The Kier molecular flexibility index (Phi) is 5.51. The van der Waals surface area contributed by atoms with Gasteiger partial charge in [0.2, 0.25) is 6.79 Å². The number of rotatable bonds is 6. The molecule has 1 N–H and O–H groups in total. The molecule has 168 valence electrons. The molecule has 0 bridgehead atoms. The smallest absolute Gasteiger partial charge is 0.295 e. The molecule has 3 heterocycles. The number of nitrogens with zero attached hydrogens (tertiary/aromatic N) is 3. The number of halogens is 1. The van der Waals surface area contributed by atoms with Gasteiger partial charge in [0.15, 0.2) is 11.5 Å². The molecule has 0 spiro atoms. The first-order valence-corrected chi connectivity index (χ1v) is 10.8. The van der Waals surface area contributed by atoms with Crippen molar-refractivity contribution in [2.24, 2.45) is 0 Å². The highest BCUT2D eigenvalue weighted by Gasteiger charge is 2.46. The number of benzene rings is 2. The van der Waals surface area contributed by atoms with E-state index in [4.69, 9.17) is 21.1 Å². The Balaban J connectivity index is 1.54. The molecule has 9 heteroatoms. The van der Waals surface area contributed by atoms with Gasteiger partial charge in [0.1, 0.15) is 5.76 Å². The molecule has 1 atom stereocenters. The first-order valence-electron chi connectivity index (χ1n) is 10.4. The second kappa shape index (κ2) is 8.63. The standard InChI is InChI=1S/C24H20ClN3O5/c25-17-5-2-15(3-6-17)22(29)20-21(16-4-7-18-19(12-16)33-14-32-18)28(24(31)23(20)30)10-1-9-27-11-8-26-13-27/h2-8,11-13,21,29H,1,9-10,14H2/t21-/m0/s1. The minimum absolute atomic E-state index is 0.0313. The van der Waals surface area contributed by atoms with Crippen LogP contribution in [0, 0.1) is 0 Å². The number of carbonyl (C=O) groups is 2. The van der Waals surface area contributed by atoms with E-state index in [0.717, 1.165) is 0 Å². The molecule has 0 radical (unpaired) electrons. The average molecular weight is 466 g/mol. The number of aliphatic hydroxyl groups excluding tert-OH is 1. The fourth-order valence-electron chi connectivity index (χ4n) is 4.15. The van der Waals surface area contributed by atoms with Gasteiger partial charge in [-0.2, -0.15) is 0 Å². The Bertz CT molecular complexity index is 1240. The van der Waals surface area contributed by atoms with Crippen LogP contribution >= 0.6 is 11.6 Å². The molecule has 3 aromatic rings. The predicted octanol–water partition coefficient (Wildman–Crippen LogP) is 3.78. The van der Waals surface area contributed by atoms with Crippen molar-refractivity contribution in [3.05, 3.63) is 82.9 Å². The summed E-state index contributed by atoms with van der Waals surface area (Å²) >= 11 is 5.97. The fourth-order valence-corrected chi connectivity index (χ4v) is 4.27. The van der Waals surface area contributed by atoms with Gasteiger partial charge in [0, 0.05) is 36.1 Å². The number of likely N-dealkylation sites (tertiary alicyclic amines) is 1. The van der Waals surface area contributed by atoms with Gasteiger partial charge in [-0.1, -0.05) is 17.7 Å². The lowest BCUT2D eigenvalue weighted by atomic mass is 9.95. The topological polar surface area (TPSA) is 93.9 Å². The van der Waals surface area contributed by atoms with Gasteiger partial charge in [0.05, 0.1) is 17.9 Å². The molecule has 8 nitrogen and oxygen atoms in total. The molecule has 1 aromatic heterocycles. The van der Waals surface area contributed by atoms with Gasteiger partial charge in [-0.25, -0.2) is 4.98 Å². The van der Waals surface area contributed by atoms with Crippen LogP contribution in [-0.4, -0.2) is 44.6 Å². The molecule has 2 aliphatic rings. The number of ether oxygens (including phenoxy) is 2. The lowest BCUT2D eigenvalue weighted by Crippen LogP contribution is -2.31. The minimum Gasteiger partial charge on any atom is -0.507 e. The summed E-state index contributed by atoms with van der Waals surface area (Å²) in [6, 6.07) is 11.0. The number of Topliss-reactive ketones (excluding diaryl/α,β-unsaturated/α-hetero) is 1. The summed E-state index contributed by atoms with van der Waals surface area (Å²) in [5, 5.41) is 11.6. The second-order valence-electron chi connectivity index (χ2n) is 7.77. The summed E-state index contributed by atoms with van der Waals surface area (Å²) < 4.78 is 12.8. The largest absolute Gasteiger partial charge is 0.507 e. The average Bonchev–Trinajstić information content (AvgIpc) is 3.55. The number of ketones is 1. The molecule has 5 rings (SSSR count). The van der Waals surface area contributed by atoms with E-state index < -0.39 is 17.7 Å². The van der Waals surface area contributed by atoms with Crippen LogP contribution in [-0.2, 0) is 16.1 Å². The Labute approximate surface area is 194 Å². The summed E-state index contributed by atoms with van der Waals surface area (Å²) in [7, 11) is 0. The third kappa shape index (κ3) is 3.93. The number of fused-ring (bicyclic) bond motifs is 1. The monoisotopic (exact) mass is 465 g/mol. The van der Waals surface area contributed by atoms with Crippen LogP contribution in [0.1, 0.15) is 23.6 Å². The molecule has 33 heavy (non-hydrogen) atoms. The van der Waals surface area contributed by atoms with E-state index in [2.05, 4.69) is 4.98 Å². The van der Waals surface area contributed by atoms with Crippen molar-refractivity contribution < 1.29 is 24.2 Å². The second-order valence-corrected chi connectivity index (χ2v) is 8.20. The van der Waals surface area contributed by atoms with Gasteiger partial charge < -0.3 is 24.0 Å². The molecule has 1 amide bonds. The van der Waals surface area contributed by atoms with Crippen LogP contribution in [0.25, 0.3) is 5.76 Å². The van der Waals surface area contributed by atoms with E-state index in [-0.39, 0.29) is 18.1 Å². The van der Waals surface area contributed by atoms with Crippen molar-refractivity contribution in [1.29, 1.82) is 0 Å². The van der Waals surface area contributed by atoms with Crippen molar-refractivity contribution in [3.8, 4) is 11.5 Å². The van der Waals surface area contributed by atoms with Crippen LogP contribution in [0.2, 0.25) is 5.02 Å². The Hall–Kier alpha value is -3.78. The minimum atomic E-state index is -0.766. The normalized spacial score (nSPS) is 18.8. The first-order chi connectivity index (χ1) is 16.0. The van der Waals surface area contributed by atoms with Gasteiger partial charge in [-0.3, -0.25) is 9.59 Å². The van der Waals surface area contributed by atoms with Gasteiger partial charge >= 0.3 is 0 Å². The van der Waals surface area contributed by atoms with Crippen molar-refractivity contribution in [3.63, 3.8) is 0 Å². The maximum absolute atomic E-state index is 13.1. The molecular weight excluding hydrogens is 446 g/mol. The van der Waals surface area contributed by atoms with Crippen LogP contribution in [0.5, 0.6) is 11.5 Å². The van der Waals surface area contributed by atoms with E-state index in [1.807, 2.05) is 10.8 Å². The highest BCUT2D eigenvalue weighted by atomic mass is 35.5. The Morgan fingerprint density at radius 2 is 1.88 bits per heavy atom. The zero-order chi connectivity index (χ0) is 22.9. The van der Waals surface area contributed by atoms with E-state index in [9.17, 15) is 14.7 Å². The maximum Gasteiger partial charge on any atom is 0.295 e. The molecule has 1 fully saturated rings. The number of hydrogen-bond acceptors (Lipinski definition) is 6. The van der Waals surface area contributed by atoms with Crippen LogP contribution < -0.4 is 9.47 Å². The van der Waals surface area contributed by atoms with Gasteiger partial charge in [-0.05, 0) is 48.4 Å². The van der Waals surface area contributed by atoms with Crippen LogP contribution in [0.15, 0.2) is 66.8 Å². The quantitative estimate of drug-likeness (QED) is 0.338. The molecule has 0 saturated carbocycles. The summed E-state index contributed by atoms with van der Waals surface area (Å²) in [4.78, 5) is 31.7. The summed E-state index contributed by atoms with van der Waals surface area (Å²) in [5.41, 5.74) is 1.09. The number of aliphatic hydroxyl groups is 1. The number of aromatic nitrogens is 2. The van der Waals surface area contributed by atoms with Crippen LogP contribution in [0.4, 0.5) is 0 Å². The van der Waals surface area contributed by atoms with Crippen molar-refractivity contribution in [2.45, 2.75) is 19.0 Å². The van der Waals surface area contributed by atoms with Crippen LogP contribution in [0.3, 0.4) is 0 Å². The molecule has 0 unspecified atom stereocenters. The third-order valence-corrected chi connectivity index (χ3v) is 6.00. The zero-order valence-corrected chi connectivity index (χ0v) is 18.2. The highest BCUT2D eigenvalue weighted by molar-refractivity contribution is 6.46. The van der Waals surface area contributed by atoms with Gasteiger partial charge in [-0.15, -0.1) is 0 Å². The van der Waals surface area contributed by atoms with Crippen molar-refractivity contribution in [1.82, 2.24) is 14.5 Å². The SMILES string of the molecule is O=C1C(=O)N(CCCn2ccnc2)[C@@H](c2ccc3c(c2)OCO3)C1=C(O)c1ccc(Cl)cc1. The molecule has 2 aromatic carbocycles. The number of imidazole rings is 1. The van der Waals surface area contributed by atoms with Crippen molar-refractivity contribution >= 4 is 29.1 Å². The molecular formula is C24H20ClN3O5. The summed E-state index contributed by atoms with van der Waals surface area (Å²) in [6.07, 6.45) is 5.82. The highest BCUT2D eigenvalue weighted by Crippen LogP contribution is 2.43. The molecule has 1 saturated heterocycles. The summed E-state index contributed by atoms with van der Waals surface area (Å²) in [5.74, 6) is -0.507. The lowest BCUT2D eigenvalue weighted by molar-refractivity contribution is -0.139. The number of aryl methyl sites for hydroxylation is 1. The van der Waals surface area contributed by atoms with E-state index in [1.165, 1.54) is 4.90 Å². The van der Waals surface area contributed by atoms with E-state index >= 15 is 0 Å². The third-order valence-electron chi connectivity index (χ3n) is 5.74. The zero-order valence-electron chi connectivity index (χ0n) is 17.5. The maximum atomic E-state index is 13.1.